The van der Waals surface area contributed by atoms with Crippen molar-refractivity contribution in [3.05, 3.63) is 29.7 Å². The van der Waals surface area contributed by atoms with Gasteiger partial charge in [-0.05, 0) is 25.2 Å². The molecule has 0 radical (unpaired) electrons. The molecule has 0 saturated carbocycles. The molecular weight excluding hydrogens is 285 g/mol. The monoisotopic (exact) mass is 305 g/mol. The Labute approximate surface area is 128 Å². The van der Waals surface area contributed by atoms with Crippen LogP contribution >= 0.6 is 0 Å². The highest BCUT2D eigenvalue weighted by Crippen LogP contribution is 2.21. The van der Waals surface area contributed by atoms with Crippen LogP contribution in [0.1, 0.15) is 24.3 Å². The molecule has 2 rings (SSSR count). The number of nitrogens with two attached hydrogens (primary N) is 1. The standard InChI is InChI=1S/C15H20FN5O/c1-3-21(4-2)8-7-18-15(22)14-13(17)11-6-5-10(16)9-12(11)19-20-14/h5-6,9H,3-4,7-8H2,1-2H3,(H2,17,19)(H,18,22). The largest absolute Gasteiger partial charge is 0.396 e. The van der Waals surface area contributed by atoms with Crippen LogP contribution in [0, 0.1) is 5.82 Å². The third kappa shape index (κ3) is 3.48. The van der Waals surface area contributed by atoms with Crippen molar-refractivity contribution >= 4 is 22.5 Å². The van der Waals surface area contributed by atoms with Gasteiger partial charge in [0.1, 0.15) is 5.82 Å². The number of likely N-dealkylation sites (N-methyl/N-ethyl adjacent to an activating group) is 1. The van der Waals surface area contributed by atoms with E-state index in [-0.39, 0.29) is 17.3 Å². The molecule has 0 fully saturated rings. The lowest BCUT2D eigenvalue weighted by Crippen LogP contribution is -2.35. The van der Waals surface area contributed by atoms with Gasteiger partial charge >= 0.3 is 0 Å². The van der Waals surface area contributed by atoms with E-state index in [1.54, 1.807) is 0 Å². The number of carbonyl (C=O) groups is 1. The molecule has 3 N–H and O–H groups in total. The molecule has 22 heavy (non-hydrogen) atoms. The van der Waals surface area contributed by atoms with Gasteiger partial charge in [0.15, 0.2) is 5.69 Å². The quantitative estimate of drug-likeness (QED) is 0.843. The lowest BCUT2D eigenvalue weighted by molar-refractivity contribution is 0.0944. The van der Waals surface area contributed by atoms with Crippen LogP contribution in [0.3, 0.4) is 0 Å². The van der Waals surface area contributed by atoms with Crippen molar-refractivity contribution in [2.45, 2.75) is 13.8 Å². The first-order valence-corrected chi connectivity index (χ1v) is 7.28. The van der Waals surface area contributed by atoms with Gasteiger partial charge in [-0.25, -0.2) is 4.39 Å². The number of nitrogens with zero attached hydrogens (tertiary/aromatic N) is 3. The molecule has 1 heterocycles. The van der Waals surface area contributed by atoms with Crippen LogP contribution in [-0.4, -0.2) is 47.2 Å². The number of hydrogen-bond donors (Lipinski definition) is 2. The highest BCUT2D eigenvalue weighted by Gasteiger charge is 2.15. The van der Waals surface area contributed by atoms with Gasteiger partial charge in [-0.3, -0.25) is 4.79 Å². The van der Waals surface area contributed by atoms with Crippen molar-refractivity contribution in [3.8, 4) is 0 Å². The van der Waals surface area contributed by atoms with Crippen molar-refractivity contribution < 1.29 is 9.18 Å². The van der Waals surface area contributed by atoms with E-state index in [4.69, 9.17) is 5.73 Å². The Balaban J connectivity index is 2.11. The molecular formula is C15H20FN5O. The fourth-order valence-electron chi connectivity index (χ4n) is 2.22. The molecule has 0 atom stereocenters. The number of rotatable bonds is 6. The average molecular weight is 305 g/mol. The third-order valence-electron chi connectivity index (χ3n) is 3.59. The number of halogens is 1. The van der Waals surface area contributed by atoms with Crippen LogP contribution in [0.4, 0.5) is 10.1 Å². The summed E-state index contributed by atoms with van der Waals surface area (Å²) in [6.07, 6.45) is 0. The number of nitrogen functional groups attached to an aromatic ring is 1. The minimum absolute atomic E-state index is 0.0682. The van der Waals surface area contributed by atoms with Crippen LogP contribution in [0.15, 0.2) is 18.2 Å². The van der Waals surface area contributed by atoms with E-state index < -0.39 is 5.82 Å². The lowest BCUT2D eigenvalue weighted by Gasteiger charge is -2.18. The summed E-state index contributed by atoms with van der Waals surface area (Å²) < 4.78 is 13.1. The maximum Gasteiger partial charge on any atom is 0.274 e. The van der Waals surface area contributed by atoms with Crippen LogP contribution in [0.25, 0.3) is 10.9 Å². The van der Waals surface area contributed by atoms with Crippen LogP contribution in [-0.2, 0) is 0 Å². The summed E-state index contributed by atoms with van der Waals surface area (Å²) in [6, 6.07) is 4.02. The van der Waals surface area contributed by atoms with Crippen LogP contribution < -0.4 is 11.1 Å². The fraction of sp³-hybridized carbons (Fsp3) is 0.400. The zero-order valence-corrected chi connectivity index (χ0v) is 12.8. The van der Waals surface area contributed by atoms with E-state index in [1.807, 2.05) is 0 Å². The molecule has 0 unspecified atom stereocenters. The second-order valence-electron chi connectivity index (χ2n) is 4.91. The van der Waals surface area contributed by atoms with Gasteiger partial charge in [0.05, 0.1) is 11.2 Å². The van der Waals surface area contributed by atoms with Crippen molar-refractivity contribution in [1.82, 2.24) is 20.4 Å². The smallest absolute Gasteiger partial charge is 0.274 e. The van der Waals surface area contributed by atoms with Crippen molar-refractivity contribution in [1.29, 1.82) is 0 Å². The van der Waals surface area contributed by atoms with E-state index in [2.05, 4.69) is 34.3 Å². The van der Waals surface area contributed by atoms with Gasteiger partial charge in [0.25, 0.3) is 5.91 Å². The number of fused-ring (bicyclic) bond motifs is 1. The van der Waals surface area contributed by atoms with E-state index in [9.17, 15) is 9.18 Å². The van der Waals surface area contributed by atoms with Gasteiger partial charge in [0, 0.05) is 24.5 Å². The van der Waals surface area contributed by atoms with E-state index in [0.717, 1.165) is 19.6 Å². The van der Waals surface area contributed by atoms with Crippen molar-refractivity contribution in [3.63, 3.8) is 0 Å². The number of anilines is 1. The van der Waals surface area contributed by atoms with E-state index >= 15 is 0 Å². The Morgan fingerprint density at radius 3 is 2.73 bits per heavy atom. The number of nitrogens with one attached hydrogen (secondary N) is 1. The normalized spacial score (nSPS) is 11.1. The predicted molar refractivity (Wildman–Crippen MR) is 84.0 cm³/mol. The predicted octanol–water partition coefficient (Wildman–Crippen LogP) is 1.42. The first kappa shape index (κ1) is 16.1. The molecule has 0 aliphatic heterocycles. The Hall–Kier alpha value is -2.28. The molecule has 0 aliphatic rings. The molecule has 2 aromatic rings. The maximum absolute atomic E-state index is 13.1. The Bertz CT molecular complexity index is 672. The first-order valence-electron chi connectivity index (χ1n) is 7.28. The Morgan fingerprint density at radius 2 is 2.05 bits per heavy atom. The van der Waals surface area contributed by atoms with Gasteiger partial charge in [-0.15, -0.1) is 10.2 Å². The Morgan fingerprint density at radius 1 is 1.32 bits per heavy atom. The second kappa shape index (κ2) is 7.13. The van der Waals surface area contributed by atoms with Crippen molar-refractivity contribution in [2.75, 3.05) is 31.9 Å². The maximum atomic E-state index is 13.1. The minimum Gasteiger partial charge on any atom is -0.396 e. The van der Waals surface area contributed by atoms with Gasteiger partial charge in [0.2, 0.25) is 0 Å². The molecule has 1 aromatic carbocycles. The minimum atomic E-state index is -0.419. The van der Waals surface area contributed by atoms with E-state index in [0.29, 0.717) is 17.4 Å². The summed E-state index contributed by atoms with van der Waals surface area (Å²) in [7, 11) is 0. The molecule has 0 spiro atoms. The molecule has 1 aromatic heterocycles. The zero-order valence-electron chi connectivity index (χ0n) is 12.8. The van der Waals surface area contributed by atoms with Gasteiger partial charge in [-0.2, -0.15) is 0 Å². The summed E-state index contributed by atoms with van der Waals surface area (Å²) >= 11 is 0. The zero-order chi connectivity index (χ0) is 16.1. The fourth-order valence-corrected chi connectivity index (χ4v) is 2.22. The number of carbonyl (C=O) groups excluding carboxylic acids is 1. The highest BCUT2D eigenvalue weighted by molar-refractivity contribution is 6.04. The molecule has 6 nitrogen and oxygen atoms in total. The molecule has 7 heteroatoms. The second-order valence-corrected chi connectivity index (χ2v) is 4.91. The van der Waals surface area contributed by atoms with Gasteiger partial charge < -0.3 is 16.0 Å². The number of aromatic nitrogens is 2. The average Bonchev–Trinajstić information content (AvgIpc) is 2.51. The molecule has 118 valence electrons. The molecule has 0 aliphatic carbocycles. The molecule has 1 amide bonds. The summed E-state index contributed by atoms with van der Waals surface area (Å²) in [6.45, 7) is 7.24. The lowest BCUT2D eigenvalue weighted by atomic mass is 10.1. The highest BCUT2D eigenvalue weighted by atomic mass is 19.1. The third-order valence-corrected chi connectivity index (χ3v) is 3.59. The number of amides is 1. The molecule has 0 saturated heterocycles. The molecule has 0 bridgehead atoms. The van der Waals surface area contributed by atoms with Crippen LogP contribution in [0.5, 0.6) is 0 Å². The topological polar surface area (TPSA) is 84.1 Å². The Kier molecular flexibility index (Phi) is 5.21. The summed E-state index contributed by atoms with van der Waals surface area (Å²) in [5.74, 6) is -0.791. The van der Waals surface area contributed by atoms with E-state index in [1.165, 1.54) is 18.2 Å². The summed E-state index contributed by atoms with van der Waals surface area (Å²) in [5.41, 5.74) is 6.57. The summed E-state index contributed by atoms with van der Waals surface area (Å²) in [5, 5.41) is 11.0. The first-order chi connectivity index (χ1) is 10.6. The van der Waals surface area contributed by atoms with Crippen LogP contribution in [0.2, 0.25) is 0 Å². The number of hydrogen-bond acceptors (Lipinski definition) is 5. The van der Waals surface area contributed by atoms with Gasteiger partial charge in [-0.1, -0.05) is 13.8 Å². The summed E-state index contributed by atoms with van der Waals surface area (Å²) in [4.78, 5) is 14.3. The SMILES string of the molecule is CCN(CC)CCNC(=O)c1nnc2cc(F)ccc2c1N. The van der Waals surface area contributed by atoms with Crippen molar-refractivity contribution in [2.24, 2.45) is 0 Å². The number of benzene rings is 1.